The van der Waals surface area contributed by atoms with Gasteiger partial charge in [0.25, 0.3) is 0 Å². The van der Waals surface area contributed by atoms with Crippen LogP contribution in [0.2, 0.25) is 0 Å². The fourth-order valence-electron chi connectivity index (χ4n) is 2.08. The van der Waals surface area contributed by atoms with Gasteiger partial charge in [-0.3, -0.25) is 4.79 Å². The van der Waals surface area contributed by atoms with Crippen molar-refractivity contribution in [1.82, 2.24) is 10.3 Å². The van der Waals surface area contributed by atoms with E-state index in [1.54, 1.807) is 20.4 Å². The van der Waals surface area contributed by atoms with E-state index in [1.165, 1.54) is 11.8 Å². The zero-order chi connectivity index (χ0) is 17.5. The first-order valence-electron chi connectivity index (χ1n) is 7.61. The Hall–Kier alpha value is -2.21. The van der Waals surface area contributed by atoms with Gasteiger partial charge in [-0.2, -0.15) is 0 Å². The number of benzene rings is 1. The third kappa shape index (κ3) is 4.89. The number of nitrogens with zero attached hydrogens (tertiary/aromatic N) is 1. The quantitative estimate of drug-likeness (QED) is 0.780. The zero-order valence-corrected chi connectivity index (χ0v) is 15.1. The molecule has 0 bridgehead atoms. The summed E-state index contributed by atoms with van der Waals surface area (Å²) >= 11 is 1.44. The summed E-state index contributed by atoms with van der Waals surface area (Å²) in [6.07, 6.45) is 1.80. The van der Waals surface area contributed by atoms with Crippen molar-refractivity contribution in [1.29, 1.82) is 0 Å². The van der Waals surface area contributed by atoms with Gasteiger partial charge >= 0.3 is 0 Å². The number of hydrogen-bond donors (Lipinski definition) is 1. The predicted molar refractivity (Wildman–Crippen MR) is 95.7 cm³/mol. The van der Waals surface area contributed by atoms with Gasteiger partial charge in [0.1, 0.15) is 0 Å². The van der Waals surface area contributed by atoms with Crippen LogP contribution in [-0.4, -0.2) is 30.4 Å². The Morgan fingerprint density at radius 1 is 1.21 bits per heavy atom. The van der Waals surface area contributed by atoms with Crippen molar-refractivity contribution in [3.63, 3.8) is 0 Å². The maximum Gasteiger partial charge on any atom is 0.233 e. The topological polar surface area (TPSA) is 60.5 Å². The Kier molecular flexibility index (Phi) is 6.49. The van der Waals surface area contributed by atoms with Gasteiger partial charge in [-0.1, -0.05) is 23.9 Å². The number of pyridine rings is 1. The second-order valence-electron chi connectivity index (χ2n) is 5.34. The molecular weight excluding hydrogens is 324 g/mol. The highest BCUT2D eigenvalue weighted by atomic mass is 32.2. The van der Waals surface area contributed by atoms with Crippen LogP contribution in [0.5, 0.6) is 11.5 Å². The van der Waals surface area contributed by atoms with Crippen LogP contribution >= 0.6 is 11.8 Å². The minimum Gasteiger partial charge on any atom is -0.493 e. The summed E-state index contributed by atoms with van der Waals surface area (Å²) in [7, 11) is 3.19. The number of thioether (sulfide) groups is 1. The highest BCUT2D eigenvalue weighted by molar-refractivity contribution is 8.00. The van der Waals surface area contributed by atoms with Gasteiger partial charge in [0.15, 0.2) is 11.5 Å². The Balaban J connectivity index is 1.91. The molecule has 0 spiro atoms. The molecular formula is C18H22N2O3S. The first-order chi connectivity index (χ1) is 11.5. The van der Waals surface area contributed by atoms with Gasteiger partial charge in [0.2, 0.25) is 5.91 Å². The number of methoxy groups -OCH3 is 2. The molecule has 2 rings (SSSR count). The number of nitrogens with one attached hydrogen (secondary N) is 1. The van der Waals surface area contributed by atoms with Crippen LogP contribution in [0.15, 0.2) is 41.6 Å². The van der Waals surface area contributed by atoms with Gasteiger partial charge in [-0.15, -0.1) is 0 Å². The standard InChI is InChI=1S/C18H22N2O3S/c1-12-5-8-17(19-10-12)24-13(2)18(21)20-11-14-6-7-15(22-3)16(9-14)23-4/h5-10,13H,11H2,1-4H3,(H,20,21). The number of aromatic nitrogens is 1. The third-order valence-corrected chi connectivity index (χ3v) is 4.52. The van der Waals surface area contributed by atoms with E-state index in [2.05, 4.69) is 10.3 Å². The molecule has 0 aliphatic carbocycles. The predicted octanol–water partition coefficient (Wildman–Crippen LogP) is 3.20. The molecule has 0 saturated heterocycles. The minimum absolute atomic E-state index is 0.0304. The van der Waals surface area contributed by atoms with Gasteiger partial charge in [-0.05, 0) is 43.2 Å². The monoisotopic (exact) mass is 346 g/mol. The van der Waals surface area contributed by atoms with E-state index in [0.29, 0.717) is 18.0 Å². The van der Waals surface area contributed by atoms with E-state index in [4.69, 9.17) is 9.47 Å². The summed E-state index contributed by atoms with van der Waals surface area (Å²) in [5, 5.41) is 3.56. The van der Waals surface area contributed by atoms with Gasteiger partial charge in [0, 0.05) is 12.7 Å². The number of hydrogen-bond acceptors (Lipinski definition) is 5. The number of ether oxygens (including phenoxy) is 2. The van der Waals surface area contributed by atoms with Crippen molar-refractivity contribution in [2.45, 2.75) is 30.7 Å². The molecule has 0 aliphatic rings. The lowest BCUT2D eigenvalue weighted by atomic mass is 10.2. The van der Waals surface area contributed by atoms with Crippen LogP contribution in [0.25, 0.3) is 0 Å². The number of rotatable bonds is 7. The highest BCUT2D eigenvalue weighted by Gasteiger charge is 2.15. The Bertz CT molecular complexity index is 689. The Morgan fingerprint density at radius 2 is 1.96 bits per heavy atom. The van der Waals surface area contributed by atoms with Crippen molar-refractivity contribution < 1.29 is 14.3 Å². The minimum atomic E-state index is -0.222. The molecule has 128 valence electrons. The van der Waals surface area contributed by atoms with Gasteiger partial charge in [0.05, 0.1) is 24.5 Å². The van der Waals surface area contributed by atoms with Crippen molar-refractivity contribution >= 4 is 17.7 Å². The lowest BCUT2D eigenvalue weighted by molar-refractivity contribution is -0.120. The Labute approximate surface area is 146 Å². The lowest BCUT2D eigenvalue weighted by Gasteiger charge is -2.13. The number of carbonyl (C=O) groups excluding carboxylic acids is 1. The van der Waals surface area contributed by atoms with Crippen molar-refractivity contribution in [2.75, 3.05) is 14.2 Å². The molecule has 1 atom stereocenters. The van der Waals surface area contributed by atoms with E-state index in [0.717, 1.165) is 16.2 Å². The van der Waals surface area contributed by atoms with Crippen molar-refractivity contribution in [3.8, 4) is 11.5 Å². The van der Waals surface area contributed by atoms with Crippen LogP contribution in [0, 0.1) is 6.92 Å². The molecule has 1 aromatic heterocycles. The molecule has 1 aromatic carbocycles. The van der Waals surface area contributed by atoms with Gasteiger partial charge < -0.3 is 14.8 Å². The summed E-state index contributed by atoms with van der Waals surface area (Å²) in [5.41, 5.74) is 2.05. The SMILES string of the molecule is COc1ccc(CNC(=O)C(C)Sc2ccc(C)cn2)cc1OC. The number of aryl methyl sites for hydroxylation is 1. The molecule has 1 amide bonds. The van der Waals surface area contributed by atoms with Crippen molar-refractivity contribution in [3.05, 3.63) is 47.7 Å². The van der Waals surface area contributed by atoms with E-state index in [1.807, 2.05) is 44.2 Å². The normalized spacial score (nSPS) is 11.7. The maximum atomic E-state index is 12.2. The lowest BCUT2D eigenvalue weighted by Crippen LogP contribution is -2.30. The molecule has 0 aliphatic heterocycles. The third-order valence-electron chi connectivity index (χ3n) is 3.47. The van der Waals surface area contributed by atoms with E-state index < -0.39 is 0 Å². The second kappa shape index (κ2) is 8.59. The average Bonchev–Trinajstić information content (AvgIpc) is 2.61. The molecule has 0 radical (unpaired) electrons. The molecule has 0 fully saturated rings. The van der Waals surface area contributed by atoms with E-state index in [9.17, 15) is 4.79 Å². The fraction of sp³-hybridized carbons (Fsp3) is 0.333. The van der Waals surface area contributed by atoms with E-state index in [-0.39, 0.29) is 11.2 Å². The number of amides is 1. The first-order valence-corrected chi connectivity index (χ1v) is 8.49. The van der Waals surface area contributed by atoms with Crippen LogP contribution in [0.4, 0.5) is 0 Å². The molecule has 5 nitrogen and oxygen atoms in total. The fourth-order valence-corrected chi connectivity index (χ4v) is 2.89. The van der Waals surface area contributed by atoms with Crippen LogP contribution in [0.1, 0.15) is 18.1 Å². The highest BCUT2D eigenvalue weighted by Crippen LogP contribution is 2.27. The summed E-state index contributed by atoms with van der Waals surface area (Å²) < 4.78 is 10.5. The molecule has 1 N–H and O–H groups in total. The van der Waals surface area contributed by atoms with Gasteiger partial charge in [-0.25, -0.2) is 4.98 Å². The smallest absolute Gasteiger partial charge is 0.233 e. The maximum absolute atomic E-state index is 12.2. The van der Waals surface area contributed by atoms with E-state index >= 15 is 0 Å². The molecule has 0 saturated carbocycles. The molecule has 24 heavy (non-hydrogen) atoms. The van der Waals surface area contributed by atoms with Crippen LogP contribution in [-0.2, 0) is 11.3 Å². The summed E-state index contributed by atoms with van der Waals surface area (Å²) in [6.45, 7) is 4.29. The largest absolute Gasteiger partial charge is 0.493 e. The summed E-state index contributed by atoms with van der Waals surface area (Å²) in [4.78, 5) is 16.6. The zero-order valence-electron chi connectivity index (χ0n) is 14.3. The number of carbonyl (C=O) groups is 1. The molecule has 1 heterocycles. The van der Waals surface area contributed by atoms with Crippen LogP contribution in [0.3, 0.4) is 0 Å². The molecule has 2 aromatic rings. The molecule has 6 heteroatoms. The summed E-state index contributed by atoms with van der Waals surface area (Å²) in [5.74, 6) is 1.29. The first kappa shape index (κ1) is 18.1. The van der Waals surface area contributed by atoms with Crippen molar-refractivity contribution in [2.24, 2.45) is 0 Å². The van der Waals surface area contributed by atoms with Crippen LogP contribution < -0.4 is 14.8 Å². The average molecular weight is 346 g/mol. The molecule has 1 unspecified atom stereocenters. The summed E-state index contributed by atoms with van der Waals surface area (Å²) in [6, 6.07) is 9.51. The Morgan fingerprint density at radius 3 is 2.58 bits per heavy atom. The second-order valence-corrected chi connectivity index (χ2v) is 6.70.